The van der Waals surface area contributed by atoms with E-state index in [9.17, 15) is 61.3 Å². The number of carbonyl (C=O) groups is 1. The number of ether oxygens (including phenoxy) is 8. The van der Waals surface area contributed by atoms with E-state index in [0.29, 0.717) is 32.1 Å². The molecule has 0 aromatic heterocycles. The van der Waals surface area contributed by atoms with E-state index in [1.807, 2.05) is 6.92 Å². The van der Waals surface area contributed by atoms with Gasteiger partial charge in [-0.25, -0.2) is 0 Å². The first-order chi connectivity index (χ1) is 34.2. The van der Waals surface area contributed by atoms with E-state index >= 15 is 4.79 Å². The van der Waals surface area contributed by atoms with Crippen LogP contribution >= 0.6 is 0 Å². The highest BCUT2D eigenvalue weighted by Crippen LogP contribution is 2.76. The Kier molecular flexibility index (Phi) is 15.6. The van der Waals surface area contributed by atoms with Crippen LogP contribution in [0.5, 0.6) is 0 Å². The summed E-state index contributed by atoms with van der Waals surface area (Å²) in [6.45, 7) is 13.5. The lowest BCUT2D eigenvalue weighted by Gasteiger charge is -2.71. The maximum atomic E-state index is 15.2. The van der Waals surface area contributed by atoms with Crippen molar-refractivity contribution in [1.82, 2.24) is 0 Å². The number of esters is 1. The Morgan fingerprint density at radius 2 is 1.25 bits per heavy atom. The molecule has 27 atom stereocenters. The Morgan fingerprint density at radius 1 is 0.630 bits per heavy atom. The molecule has 5 aliphatic carbocycles. The molecule has 21 nitrogen and oxygen atoms in total. The van der Waals surface area contributed by atoms with Crippen LogP contribution in [0.2, 0.25) is 0 Å². The summed E-state index contributed by atoms with van der Waals surface area (Å²) in [6.07, 6.45) is -18.5. The first kappa shape index (κ1) is 56.2. The van der Waals surface area contributed by atoms with Crippen LogP contribution in [0.25, 0.3) is 0 Å². The molecule has 12 N–H and O–H groups in total. The third-order valence-corrected chi connectivity index (χ3v) is 20.7. The average Bonchev–Trinajstić information content (AvgIpc) is 3.34. The van der Waals surface area contributed by atoms with Gasteiger partial charge in [0.15, 0.2) is 25.0 Å². The Morgan fingerprint density at radius 3 is 1.93 bits per heavy atom. The smallest absolute Gasteiger partial charge is 0.315 e. The zero-order valence-electron chi connectivity index (χ0n) is 43.2. The Balaban J connectivity index is 0.936. The van der Waals surface area contributed by atoms with E-state index < -0.39 is 147 Å². The highest BCUT2D eigenvalue weighted by Gasteiger charge is 2.71. The molecule has 418 valence electrons. The Hall–Kier alpha value is -1.55. The minimum atomic E-state index is -1.84. The largest absolute Gasteiger partial charge is 0.432 e. The summed E-state index contributed by atoms with van der Waals surface area (Å²) < 4.78 is 47.6. The van der Waals surface area contributed by atoms with E-state index in [2.05, 4.69) is 40.7 Å². The predicted molar refractivity (Wildman–Crippen MR) is 251 cm³/mol. The van der Waals surface area contributed by atoms with Gasteiger partial charge in [0, 0.05) is 5.41 Å². The number of rotatable bonds is 10. The standard InChI is InChI=1S/C52H84O21/c1-23-40(71-42-37(62)32(57)26(55)20-66-42)36(61)39(64)43(68-23)72-41-33(58)27(56)21-67-45(41)73-46(65)52-16-14-47(2,3)18-25(52)24-8-9-30-48(4)12-11-31(70-44-38(63)35(60)34(59)28(19-53)69-44)49(5,22-54)29(48)10-13-51(30,7)50(24,6)15-17-52/h8,23,25-45,53-64H,9-22H2,1-7H3/t23-,25-,26+,27+,28+,29+,30+,31-,32-,33-,34+,35-,36-,37+,38-,39+,40-,41+,42-,43+,44-,45-,48-,49-,50+,51+,52-/m0/s1. The van der Waals surface area contributed by atoms with Crippen molar-refractivity contribution in [1.29, 1.82) is 0 Å². The van der Waals surface area contributed by atoms with Gasteiger partial charge in [0.25, 0.3) is 0 Å². The molecule has 21 heteroatoms. The molecule has 4 saturated heterocycles. The predicted octanol–water partition coefficient (Wildman–Crippen LogP) is -0.757. The average molecular weight is 1050 g/mol. The lowest BCUT2D eigenvalue weighted by atomic mass is 9.33. The van der Waals surface area contributed by atoms with E-state index in [0.717, 1.165) is 32.1 Å². The lowest BCUT2D eigenvalue weighted by Crippen LogP contribution is -2.67. The number of aliphatic hydroxyl groups excluding tert-OH is 12. The van der Waals surface area contributed by atoms with Gasteiger partial charge in [0.05, 0.1) is 44.1 Å². The van der Waals surface area contributed by atoms with Crippen molar-refractivity contribution in [2.75, 3.05) is 26.4 Å². The SMILES string of the molecule is C[C@@H]1O[C@H](O[C@H]2[C@H](OC(=O)[C@]34CCC(C)(C)C[C@H]3C3=CC[C@@H]5[C@@]6(C)CC[C@H](O[C@@H]7O[C@H](CO)[C@@H](O)[C@H](O)[C@@H]7O)[C@@](C)(CO)[C@@H]6CC[C@@]5(C)[C@]3(C)CC4)OC[C@@H](O)[C@@H]2O)[C@H](O)[C@H](O)[C@H]1O[C@@H]1OC[C@@H](O)[C@H](O)[C@H]1O. The van der Waals surface area contributed by atoms with Gasteiger partial charge in [0.2, 0.25) is 6.29 Å². The van der Waals surface area contributed by atoms with Crippen molar-refractivity contribution >= 4 is 5.97 Å². The number of carbonyl (C=O) groups excluding carboxylic acids is 1. The first-order valence-corrected chi connectivity index (χ1v) is 26.7. The quantitative estimate of drug-likeness (QED) is 0.0727. The highest BCUT2D eigenvalue weighted by molar-refractivity contribution is 5.79. The molecule has 0 radical (unpaired) electrons. The number of allylic oxidation sites excluding steroid dienone is 2. The third kappa shape index (κ3) is 9.10. The van der Waals surface area contributed by atoms with Crippen LogP contribution in [0.3, 0.4) is 0 Å². The Bertz CT molecular complexity index is 2010. The number of fused-ring (bicyclic) bond motifs is 7. The minimum Gasteiger partial charge on any atom is -0.432 e. The monoisotopic (exact) mass is 1040 g/mol. The van der Waals surface area contributed by atoms with Gasteiger partial charge in [-0.2, -0.15) is 0 Å². The molecule has 8 fully saturated rings. The second kappa shape index (κ2) is 20.3. The van der Waals surface area contributed by atoms with Crippen molar-refractivity contribution < 1.29 is 104 Å². The van der Waals surface area contributed by atoms with Gasteiger partial charge in [0.1, 0.15) is 73.2 Å². The molecule has 4 saturated carbocycles. The van der Waals surface area contributed by atoms with Crippen molar-refractivity contribution in [3.05, 3.63) is 11.6 Å². The fraction of sp³-hybridized carbons (Fsp3) is 0.942. The topological polar surface area (TPSA) is 334 Å². The molecule has 4 heterocycles. The molecule has 9 aliphatic rings. The van der Waals surface area contributed by atoms with Crippen LogP contribution in [0.15, 0.2) is 11.6 Å². The summed E-state index contributed by atoms with van der Waals surface area (Å²) in [4.78, 5) is 15.2. The Labute approximate surface area is 426 Å². The fourth-order valence-electron chi connectivity index (χ4n) is 15.9. The zero-order chi connectivity index (χ0) is 53.1. The summed E-state index contributed by atoms with van der Waals surface area (Å²) >= 11 is 0. The zero-order valence-corrected chi connectivity index (χ0v) is 43.2. The van der Waals surface area contributed by atoms with Crippen LogP contribution in [-0.4, -0.2) is 210 Å². The van der Waals surface area contributed by atoms with E-state index in [1.54, 1.807) is 0 Å². The van der Waals surface area contributed by atoms with Gasteiger partial charge in [-0.1, -0.05) is 53.2 Å². The van der Waals surface area contributed by atoms with Gasteiger partial charge in [-0.15, -0.1) is 0 Å². The molecule has 0 aromatic carbocycles. The molecule has 0 amide bonds. The van der Waals surface area contributed by atoms with Gasteiger partial charge < -0.3 is 99.2 Å². The van der Waals surface area contributed by atoms with Gasteiger partial charge >= 0.3 is 5.97 Å². The van der Waals surface area contributed by atoms with Crippen LogP contribution in [0, 0.1) is 50.2 Å². The number of aliphatic hydroxyl groups is 12. The molecule has 0 unspecified atom stereocenters. The molecule has 0 spiro atoms. The van der Waals surface area contributed by atoms with Crippen molar-refractivity contribution in [2.45, 2.75) is 229 Å². The first-order valence-electron chi connectivity index (χ1n) is 26.7. The van der Waals surface area contributed by atoms with Crippen LogP contribution < -0.4 is 0 Å². The van der Waals surface area contributed by atoms with E-state index in [-0.39, 0.29) is 52.6 Å². The molecule has 9 rings (SSSR count). The van der Waals surface area contributed by atoms with E-state index in [1.165, 1.54) is 12.5 Å². The second-order valence-corrected chi connectivity index (χ2v) is 25.2. The fourth-order valence-corrected chi connectivity index (χ4v) is 15.9. The lowest BCUT2D eigenvalue weighted by molar-refractivity contribution is -0.368. The molecule has 73 heavy (non-hydrogen) atoms. The van der Waals surface area contributed by atoms with Crippen LogP contribution in [-0.2, 0) is 42.7 Å². The molecule has 4 aliphatic heterocycles. The summed E-state index contributed by atoms with van der Waals surface area (Å²) in [5, 5.41) is 128. The number of hydrogen-bond acceptors (Lipinski definition) is 21. The maximum absolute atomic E-state index is 15.2. The van der Waals surface area contributed by atoms with Gasteiger partial charge in [-0.05, 0) is 111 Å². The second-order valence-electron chi connectivity index (χ2n) is 25.2. The van der Waals surface area contributed by atoms with Crippen LogP contribution in [0.1, 0.15) is 113 Å². The maximum Gasteiger partial charge on any atom is 0.315 e. The van der Waals surface area contributed by atoms with Gasteiger partial charge in [-0.3, -0.25) is 4.79 Å². The van der Waals surface area contributed by atoms with Crippen molar-refractivity contribution in [3.8, 4) is 0 Å². The summed E-state index contributed by atoms with van der Waals surface area (Å²) in [5.74, 6) is -0.572. The van der Waals surface area contributed by atoms with Crippen molar-refractivity contribution in [2.24, 2.45) is 50.2 Å². The molecular weight excluding hydrogens is 961 g/mol. The van der Waals surface area contributed by atoms with Crippen molar-refractivity contribution in [3.63, 3.8) is 0 Å². The molecule has 0 aromatic rings. The third-order valence-electron chi connectivity index (χ3n) is 20.7. The summed E-state index contributed by atoms with van der Waals surface area (Å²) in [6, 6.07) is 0. The van der Waals surface area contributed by atoms with E-state index in [4.69, 9.17) is 37.9 Å². The highest BCUT2D eigenvalue weighted by atomic mass is 16.8. The number of hydrogen-bond donors (Lipinski definition) is 12. The van der Waals surface area contributed by atoms with Crippen LogP contribution in [0.4, 0.5) is 0 Å². The molecule has 0 bridgehead atoms. The molecular formula is C52H84O21. The normalized spacial score (nSPS) is 55.0. The summed E-state index contributed by atoms with van der Waals surface area (Å²) in [7, 11) is 0. The minimum absolute atomic E-state index is 0.00608. The summed E-state index contributed by atoms with van der Waals surface area (Å²) in [5.41, 5.74) is -1.48.